The van der Waals surface area contributed by atoms with Crippen LogP contribution in [0.2, 0.25) is 5.02 Å². The van der Waals surface area contributed by atoms with Gasteiger partial charge in [-0.1, -0.05) is 23.7 Å². The van der Waals surface area contributed by atoms with Crippen LogP contribution in [0, 0.1) is 0 Å². The van der Waals surface area contributed by atoms with Crippen molar-refractivity contribution >= 4 is 11.6 Å². The van der Waals surface area contributed by atoms with E-state index in [9.17, 15) is 0 Å². The quantitative estimate of drug-likeness (QED) is 0.921. The molecule has 0 spiro atoms. The van der Waals surface area contributed by atoms with E-state index >= 15 is 0 Å². The Kier molecular flexibility index (Phi) is 4.51. The van der Waals surface area contributed by atoms with Crippen LogP contribution in [-0.2, 0) is 6.54 Å². The molecule has 0 amide bonds. The molecule has 20 heavy (non-hydrogen) atoms. The van der Waals surface area contributed by atoms with Crippen LogP contribution in [0.15, 0.2) is 36.8 Å². The molecular weight excluding hydrogens is 270 g/mol. The third-order valence-electron chi connectivity index (χ3n) is 3.29. The van der Waals surface area contributed by atoms with E-state index < -0.39 is 0 Å². The fourth-order valence-electron chi connectivity index (χ4n) is 2.10. The highest BCUT2D eigenvalue weighted by Crippen LogP contribution is 2.22. The third kappa shape index (κ3) is 3.84. The summed E-state index contributed by atoms with van der Waals surface area (Å²) in [6.07, 6.45) is 3.80. The number of nitrogens with zero attached hydrogens (tertiary/aromatic N) is 2. The fraction of sp³-hybridized carbons (Fsp3) is 0.438. The largest absolute Gasteiger partial charge is 0.326 e. The normalized spacial score (nSPS) is 13.4. The molecule has 1 N–H and O–H groups in total. The number of aromatic nitrogens is 2. The van der Waals surface area contributed by atoms with Gasteiger partial charge in [0.2, 0.25) is 0 Å². The lowest BCUT2D eigenvalue weighted by Crippen LogP contribution is -2.35. The van der Waals surface area contributed by atoms with Crippen LogP contribution in [-0.4, -0.2) is 15.1 Å². The Morgan fingerprint density at radius 2 is 2.10 bits per heavy atom. The van der Waals surface area contributed by atoms with E-state index in [-0.39, 0.29) is 11.6 Å². The van der Waals surface area contributed by atoms with E-state index in [1.807, 2.05) is 30.7 Å². The molecule has 2 aromatic rings. The summed E-state index contributed by atoms with van der Waals surface area (Å²) in [6.45, 7) is 9.44. The number of hydrogen-bond acceptors (Lipinski definition) is 2. The number of halogens is 1. The first-order valence-electron chi connectivity index (χ1n) is 6.88. The molecule has 0 aliphatic heterocycles. The Morgan fingerprint density at radius 3 is 2.75 bits per heavy atom. The Balaban J connectivity index is 2.19. The average Bonchev–Trinajstić information content (AvgIpc) is 2.83. The van der Waals surface area contributed by atoms with Crippen LogP contribution < -0.4 is 5.32 Å². The van der Waals surface area contributed by atoms with E-state index in [0.717, 1.165) is 11.6 Å². The Labute approximate surface area is 126 Å². The smallest absolute Gasteiger partial charge is 0.0954 e. The zero-order valence-electron chi connectivity index (χ0n) is 12.5. The first kappa shape index (κ1) is 15.1. The van der Waals surface area contributed by atoms with Gasteiger partial charge in [-0.15, -0.1) is 0 Å². The molecule has 1 atom stereocenters. The van der Waals surface area contributed by atoms with Crippen molar-refractivity contribution in [3.05, 3.63) is 53.1 Å². The maximum atomic E-state index is 6.07. The fourth-order valence-corrected chi connectivity index (χ4v) is 2.30. The monoisotopic (exact) mass is 291 g/mol. The van der Waals surface area contributed by atoms with Crippen LogP contribution in [0.4, 0.5) is 0 Å². The lowest BCUT2D eigenvalue weighted by atomic mass is 10.1. The van der Waals surface area contributed by atoms with E-state index in [1.54, 1.807) is 0 Å². The highest BCUT2D eigenvalue weighted by atomic mass is 35.5. The molecule has 0 saturated heterocycles. The number of imidazole rings is 1. The molecular formula is C16H22ClN3. The Morgan fingerprint density at radius 1 is 1.35 bits per heavy atom. The predicted octanol–water partition coefficient (Wildman–Crippen LogP) is 4.03. The summed E-state index contributed by atoms with van der Waals surface area (Å²) in [5.74, 6) is 0. The molecule has 1 unspecified atom stereocenters. The highest BCUT2D eigenvalue weighted by molar-refractivity contribution is 6.30. The SMILES string of the molecule is CC(c1cccc(Cl)c1)n1cncc1CNC(C)(C)C. The molecule has 108 valence electrons. The summed E-state index contributed by atoms with van der Waals surface area (Å²) in [5.41, 5.74) is 2.45. The van der Waals surface area contributed by atoms with Crippen molar-refractivity contribution in [1.82, 2.24) is 14.9 Å². The zero-order valence-corrected chi connectivity index (χ0v) is 13.3. The van der Waals surface area contributed by atoms with Crippen molar-refractivity contribution in [3.8, 4) is 0 Å². The van der Waals surface area contributed by atoms with Crippen molar-refractivity contribution in [2.24, 2.45) is 0 Å². The summed E-state index contributed by atoms with van der Waals surface area (Å²) in [5, 5.41) is 4.26. The Bertz CT molecular complexity index is 569. The first-order valence-corrected chi connectivity index (χ1v) is 7.26. The lowest BCUT2D eigenvalue weighted by molar-refractivity contribution is 0.413. The third-order valence-corrected chi connectivity index (χ3v) is 3.53. The number of benzene rings is 1. The van der Waals surface area contributed by atoms with Gasteiger partial charge in [0.05, 0.1) is 18.1 Å². The molecule has 1 heterocycles. The highest BCUT2D eigenvalue weighted by Gasteiger charge is 2.14. The summed E-state index contributed by atoms with van der Waals surface area (Å²) >= 11 is 6.07. The van der Waals surface area contributed by atoms with Crippen LogP contribution in [0.1, 0.15) is 45.0 Å². The second-order valence-electron chi connectivity index (χ2n) is 6.13. The lowest BCUT2D eigenvalue weighted by Gasteiger charge is -2.23. The molecule has 0 aliphatic rings. The minimum atomic E-state index is 0.0917. The molecule has 0 aliphatic carbocycles. The van der Waals surface area contributed by atoms with Gasteiger partial charge in [-0.25, -0.2) is 4.98 Å². The van der Waals surface area contributed by atoms with Gasteiger partial charge in [-0.3, -0.25) is 0 Å². The number of rotatable bonds is 4. The van der Waals surface area contributed by atoms with Crippen molar-refractivity contribution in [2.75, 3.05) is 0 Å². The number of nitrogens with one attached hydrogen (secondary N) is 1. The summed E-state index contributed by atoms with van der Waals surface area (Å²) < 4.78 is 2.18. The van der Waals surface area contributed by atoms with Crippen molar-refractivity contribution in [3.63, 3.8) is 0 Å². The van der Waals surface area contributed by atoms with Crippen LogP contribution in [0.25, 0.3) is 0 Å². The van der Waals surface area contributed by atoms with Gasteiger partial charge in [0, 0.05) is 23.3 Å². The maximum absolute atomic E-state index is 6.07. The molecule has 4 heteroatoms. The molecule has 0 saturated carbocycles. The minimum Gasteiger partial charge on any atom is -0.326 e. The standard InChI is InChI=1S/C16H22ClN3/c1-12(13-6-5-7-14(17)8-13)20-11-18-9-15(20)10-19-16(2,3)4/h5-9,11-12,19H,10H2,1-4H3. The van der Waals surface area contributed by atoms with Crippen molar-refractivity contribution < 1.29 is 0 Å². The van der Waals surface area contributed by atoms with E-state index in [2.05, 4.69) is 48.6 Å². The molecule has 1 aromatic heterocycles. The van der Waals surface area contributed by atoms with E-state index in [1.165, 1.54) is 11.3 Å². The van der Waals surface area contributed by atoms with Crippen LogP contribution >= 0.6 is 11.6 Å². The first-order chi connectivity index (χ1) is 9.37. The molecule has 0 radical (unpaired) electrons. The summed E-state index contributed by atoms with van der Waals surface area (Å²) in [7, 11) is 0. The zero-order chi connectivity index (χ0) is 14.8. The maximum Gasteiger partial charge on any atom is 0.0954 e. The van der Waals surface area contributed by atoms with E-state index in [4.69, 9.17) is 11.6 Å². The second kappa shape index (κ2) is 5.98. The van der Waals surface area contributed by atoms with Gasteiger partial charge in [0.25, 0.3) is 0 Å². The predicted molar refractivity (Wildman–Crippen MR) is 84.1 cm³/mol. The van der Waals surface area contributed by atoms with Crippen LogP contribution in [0.5, 0.6) is 0 Å². The van der Waals surface area contributed by atoms with Gasteiger partial charge in [0.1, 0.15) is 0 Å². The van der Waals surface area contributed by atoms with Gasteiger partial charge in [-0.2, -0.15) is 0 Å². The van der Waals surface area contributed by atoms with Gasteiger partial charge >= 0.3 is 0 Å². The molecule has 0 bridgehead atoms. The summed E-state index contributed by atoms with van der Waals surface area (Å²) in [6, 6.07) is 8.20. The van der Waals surface area contributed by atoms with Gasteiger partial charge in [-0.05, 0) is 45.4 Å². The molecule has 1 aromatic carbocycles. The second-order valence-corrected chi connectivity index (χ2v) is 6.56. The number of hydrogen-bond donors (Lipinski definition) is 1. The van der Waals surface area contributed by atoms with Crippen LogP contribution in [0.3, 0.4) is 0 Å². The van der Waals surface area contributed by atoms with Gasteiger partial charge < -0.3 is 9.88 Å². The topological polar surface area (TPSA) is 29.9 Å². The minimum absolute atomic E-state index is 0.0917. The average molecular weight is 292 g/mol. The van der Waals surface area contributed by atoms with Crippen molar-refractivity contribution in [2.45, 2.75) is 45.8 Å². The van der Waals surface area contributed by atoms with Crippen molar-refractivity contribution in [1.29, 1.82) is 0 Å². The molecule has 3 nitrogen and oxygen atoms in total. The van der Waals surface area contributed by atoms with Gasteiger partial charge in [0.15, 0.2) is 0 Å². The molecule has 2 rings (SSSR count). The van der Waals surface area contributed by atoms with E-state index in [0.29, 0.717) is 0 Å². The molecule has 0 fully saturated rings. The summed E-state index contributed by atoms with van der Waals surface area (Å²) in [4.78, 5) is 4.28. The Hall–Kier alpha value is -1.32.